The first kappa shape index (κ1) is 24.4. The van der Waals surface area contributed by atoms with Gasteiger partial charge in [0.05, 0.1) is 0 Å². The summed E-state index contributed by atoms with van der Waals surface area (Å²) in [5, 5.41) is 76.7. The minimum atomic E-state index is -4.11. The molecule has 16 nitrogen and oxygen atoms in total. The molecule has 176 valence electrons. The summed E-state index contributed by atoms with van der Waals surface area (Å²) in [6.07, 6.45) is -2.18. The molecule has 0 radical (unpaired) electrons. The number of aliphatic hydroxyl groups excluding tert-OH is 1. The molecule has 0 fully saturated rings. The zero-order valence-corrected chi connectivity index (χ0v) is 16.2. The second kappa shape index (κ2) is 8.73. The Labute approximate surface area is 176 Å². The van der Waals surface area contributed by atoms with E-state index in [-0.39, 0.29) is 11.0 Å². The molecule has 0 bridgehead atoms. The summed E-state index contributed by atoms with van der Waals surface area (Å²) in [4.78, 5) is 35.2. The second-order valence-corrected chi connectivity index (χ2v) is 5.86. The van der Waals surface area contributed by atoms with Crippen molar-refractivity contribution >= 4 is 23.4 Å². The molecular weight excluding hydrogens is 446 g/mol. The first-order chi connectivity index (χ1) is 14.7. The number of carbonyl (C=O) groups is 3. The van der Waals surface area contributed by atoms with Crippen LogP contribution in [-0.4, -0.2) is 82.0 Å². The largest absolute Gasteiger partial charge is 0.501 e. The van der Waals surface area contributed by atoms with Gasteiger partial charge in [0.2, 0.25) is 40.5 Å². The molecule has 0 aromatic carbocycles. The normalized spacial score (nSPS) is 12.4. The summed E-state index contributed by atoms with van der Waals surface area (Å²) in [7, 11) is 0. The Morgan fingerprint density at radius 3 is 2.00 bits per heavy atom. The summed E-state index contributed by atoms with van der Waals surface area (Å²) >= 11 is 0. The number of rotatable bonds is 7. The lowest BCUT2D eigenvalue weighted by Gasteiger charge is -2.16. The van der Waals surface area contributed by atoms with Crippen molar-refractivity contribution in [2.45, 2.75) is 26.1 Å². The summed E-state index contributed by atoms with van der Waals surface area (Å²) in [5.41, 5.74) is -0.975. The molecule has 2 aromatic rings. The van der Waals surface area contributed by atoms with Crippen LogP contribution >= 0.6 is 0 Å². The van der Waals surface area contributed by atoms with E-state index in [0.29, 0.717) is 0 Å². The summed E-state index contributed by atoms with van der Waals surface area (Å²) in [6, 6.07) is 0. The number of ether oxygens (including phenoxy) is 4. The maximum Gasteiger partial charge on any atom is 0.403 e. The van der Waals surface area contributed by atoms with Crippen LogP contribution in [-0.2, 0) is 19.1 Å². The molecule has 1 atom stereocenters. The third kappa shape index (κ3) is 4.43. The highest BCUT2D eigenvalue weighted by atomic mass is 16.7. The molecule has 0 unspecified atom stereocenters. The minimum Gasteiger partial charge on any atom is -0.501 e. The Kier molecular flexibility index (Phi) is 6.67. The predicted octanol–water partition coefficient (Wildman–Crippen LogP) is -2.52. The molecule has 2 heterocycles. The van der Waals surface area contributed by atoms with Crippen LogP contribution in [0.2, 0.25) is 0 Å². The van der Waals surface area contributed by atoms with E-state index in [9.17, 15) is 39.9 Å². The number of aromatic nitrogens is 1. The van der Waals surface area contributed by atoms with Gasteiger partial charge in [0.1, 0.15) is 5.52 Å². The van der Waals surface area contributed by atoms with Crippen LogP contribution in [0.3, 0.4) is 0 Å². The van der Waals surface area contributed by atoms with Crippen LogP contribution in [0.25, 0.3) is 5.52 Å². The number of aromatic hydroxyl groups is 4. The van der Waals surface area contributed by atoms with Crippen LogP contribution in [0.4, 0.5) is 0 Å². The van der Waals surface area contributed by atoms with Gasteiger partial charge in [0, 0.05) is 13.5 Å². The van der Waals surface area contributed by atoms with E-state index in [4.69, 9.17) is 24.8 Å². The first-order valence-corrected chi connectivity index (χ1v) is 8.35. The molecule has 2 aromatic heterocycles. The van der Waals surface area contributed by atoms with Crippen molar-refractivity contribution in [2.24, 2.45) is 0 Å². The Morgan fingerprint density at radius 2 is 1.50 bits per heavy atom. The maximum atomic E-state index is 12.0. The average Bonchev–Trinajstić information content (AvgIpc) is 2.94. The van der Waals surface area contributed by atoms with Gasteiger partial charge in [-0.25, -0.2) is 14.0 Å². The van der Waals surface area contributed by atoms with Crippen LogP contribution in [0.5, 0.6) is 40.5 Å². The third-order valence-corrected chi connectivity index (χ3v) is 3.58. The number of esters is 3. The maximum absolute atomic E-state index is 12.0. The number of carbonyl (C=O) groups excluding carboxylic acids is 3. The Balaban J connectivity index is 2.86. The summed E-state index contributed by atoms with van der Waals surface area (Å²) in [6.45, 7) is 2.09. The van der Waals surface area contributed by atoms with Gasteiger partial charge in [0.25, 0.3) is 6.29 Å². The van der Waals surface area contributed by atoms with Gasteiger partial charge in [-0.05, 0) is 6.92 Å². The molecule has 0 aliphatic carbocycles. The number of hydrogen-bond acceptors (Lipinski definition) is 15. The number of pyridine rings is 1. The van der Waals surface area contributed by atoms with Crippen molar-refractivity contribution in [1.29, 1.82) is 0 Å². The molecule has 8 N–H and O–H groups in total. The van der Waals surface area contributed by atoms with E-state index >= 15 is 0 Å². The predicted molar refractivity (Wildman–Crippen MR) is 93.7 cm³/mol. The van der Waals surface area contributed by atoms with E-state index in [1.165, 1.54) is 6.92 Å². The monoisotopic (exact) mass is 463 g/mol. The Hall–Kier alpha value is -3.83. The van der Waals surface area contributed by atoms with Crippen molar-refractivity contribution < 1.29 is 74.2 Å². The van der Waals surface area contributed by atoms with Crippen molar-refractivity contribution in [3.05, 3.63) is 0 Å². The fourth-order valence-electron chi connectivity index (χ4n) is 2.33. The Morgan fingerprint density at radius 1 is 0.906 bits per heavy atom. The van der Waals surface area contributed by atoms with E-state index in [1.54, 1.807) is 0 Å². The van der Waals surface area contributed by atoms with Crippen LogP contribution in [0, 0.1) is 0 Å². The molecule has 0 saturated heterocycles. The second-order valence-electron chi connectivity index (χ2n) is 5.86. The highest BCUT2D eigenvalue weighted by Gasteiger charge is 2.39. The van der Waals surface area contributed by atoms with E-state index in [0.717, 1.165) is 6.92 Å². The number of aliphatic hydroxyl groups is 4. The lowest BCUT2D eigenvalue weighted by atomic mass is 10.3. The van der Waals surface area contributed by atoms with Gasteiger partial charge in [-0.1, -0.05) is 0 Å². The molecule has 0 saturated carbocycles. The van der Waals surface area contributed by atoms with Gasteiger partial charge in [-0.2, -0.15) is 0 Å². The number of fused-ring (bicyclic) bond motifs is 1. The zero-order chi connectivity index (χ0) is 24.5. The number of nitrogens with zero attached hydrogens (tertiary/aromatic N) is 1. The van der Waals surface area contributed by atoms with Gasteiger partial charge in [0.15, 0.2) is 0 Å². The molecule has 0 spiro atoms. The van der Waals surface area contributed by atoms with Crippen molar-refractivity contribution in [3.63, 3.8) is 0 Å². The van der Waals surface area contributed by atoms with Crippen LogP contribution in [0.1, 0.15) is 13.8 Å². The molecule has 2 rings (SSSR count). The third-order valence-electron chi connectivity index (χ3n) is 3.58. The summed E-state index contributed by atoms with van der Waals surface area (Å²) < 4.78 is 18.6. The van der Waals surface area contributed by atoms with E-state index in [2.05, 4.69) is 9.47 Å². The highest BCUT2D eigenvalue weighted by molar-refractivity contribution is 5.92. The molecule has 0 amide bonds. The number of hydrogen-bond donors (Lipinski definition) is 8. The molecule has 32 heavy (non-hydrogen) atoms. The molecule has 0 aliphatic heterocycles. The van der Waals surface area contributed by atoms with Gasteiger partial charge < -0.3 is 59.8 Å². The molecule has 0 aliphatic rings. The van der Waals surface area contributed by atoms with Gasteiger partial charge in [-0.15, -0.1) is 0 Å². The lowest BCUT2D eigenvalue weighted by Crippen LogP contribution is -2.41. The zero-order valence-electron chi connectivity index (χ0n) is 16.2. The van der Waals surface area contributed by atoms with Gasteiger partial charge >= 0.3 is 23.9 Å². The van der Waals surface area contributed by atoms with E-state index < -0.39 is 76.2 Å². The highest BCUT2D eigenvalue weighted by Crippen LogP contribution is 2.55. The van der Waals surface area contributed by atoms with Crippen LogP contribution < -0.4 is 14.2 Å². The Bertz CT molecular complexity index is 1080. The fraction of sp³-hybridized carbons (Fsp3) is 0.312. The quantitative estimate of drug-likeness (QED) is 0.156. The smallest absolute Gasteiger partial charge is 0.403 e. The van der Waals surface area contributed by atoms with Gasteiger partial charge in [-0.3, -0.25) is 4.79 Å². The molecule has 16 heteroatoms. The molecular formula is C16H17NO15. The van der Waals surface area contributed by atoms with E-state index in [1.807, 2.05) is 0 Å². The SMILES string of the molecule is CCO[C@@H](O)C(=O)Oc1c(OC(C)=O)c2c(OC(=O)C(O)(O)O)c(O)c(O)c(O)n2c1O. The van der Waals surface area contributed by atoms with Crippen molar-refractivity contribution in [3.8, 4) is 40.5 Å². The standard InChI is InChI=1S/C16H17NO15/c1-3-29-13(23)14(24)31-10-9(30-4(2)18)5-8(32-15(25)16(26,27)28)6(19)7(20)11(21)17(5)12(10)22/h13,19-23,26-28H,3H2,1-2H3/t13-/m1/s1. The van der Waals surface area contributed by atoms with Crippen LogP contribution in [0.15, 0.2) is 0 Å². The first-order valence-electron chi connectivity index (χ1n) is 8.35. The minimum absolute atomic E-state index is 0.148. The summed E-state index contributed by atoms with van der Waals surface area (Å²) in [5.74, 6) is -18.0. The lowest BCUT2D eigenvalue weighted by molar-refractivity contribution is -0.298. The topological polar surface area (TPSA) is 254 Å². The average molecular weight is 463 g/mol. The van der Waals surface area contributed by atoms with Crippen molar-refractivity contribution in [1.82, 2.24) is 4.40 Å². The fourth-order valence-corrected chi connectivity index (χ4v) is 2.33. The van der Waals surface area contributed by atoms with Crippen molar-refractivity contribution in [2.75, 3.05) is 6.61 Å².